The molecule has 1 saturated heterocycles. The Morgan fingerprint density at radius 2 is 1.85 bits per heavy atom. The van der Waals surface area contributed by atoms with Gasteiger partial charge in [0.15, 0.2) is 5.69 Å². The van der Waals surface area contributed by atoms with Crippen LogP contribution in [0.3, 0.4) is 0 Å². The predicted molar refractivity (Wildman–Crippen MR) is 110 cm³/mol. The highest BCUT2D eigenvalue weighted by Crippen LogP contribution is 2.39. The third-order valence-corrected chi connectivity index (χ3v) is 8.04. The molecular weight excluding hydrogens is 461 g/mol. The van der Waals surface area contributed by atoms with Crippen LogP contribution < -0.4 is 9.64 Å². The number of hydrogen-bond acceptors (Lipinski definition) is 6. The van der Waals surface area contributed by atoms with E-state index in [-0.39, 0.29) is 23.9 Å². The van der Waals surface area contributed by atoms with Gasteiger partial charge >= 0.3 is 12.2 Å². The smallest absolute Gasteiger partial charge is 0.433 e. The van der Waals surface area contributed by atoms with Gasteiger partial charge < -0.3 is 9.64 Å². The molecule has 2 aromatic rings. The topological polar surface area (TPSA) is 92.7 Å². The zero-order valence-electron chi connectivity index (χ0n) is 17.5. The Morgan fingerprint density at radius 1 is 1.09 bits per heavy atom. The average Bonchev–Trinajstić information content (AvgIpc) is 3.21. The van der Waals surface area contributed by atoms with Crippen molar-refractivity contribution < 1.29 is 31.1 Å². The number of nitrogens with zero attached hydrogens (tertiary/aromatic N) is 4. The lowest BCUT2D eigenvalue weighted by Gasteiger charge is -2.32. The minimum absolute atomic E-state index is 0.0149. The zero-order valence-corrected chi connectivity index (χ0v) is 18.3. The highest BCUT2D eigenvalue weighted by Gasteiger charge is 2.37. The number of anilines is 1. The van der Waals surface area contributed by atoms with Gasteiger partial charge in [-0.2, -0.15) is 22.5 Å². The summed E-state index contributed by atoms with van der Waals surface area (Å²) in [7, 11) is -3.85. The number of piperidine rings is 1. The van der Waals surface area contributed by atoms with Crippen LogP contribution in [0.15, 0.2) is 29.3 Å². The van der Waals surface area contributed by atoms with E-state index in [0.717, 1.165) is 29.1 Å². The Labute approximate surface area is 188 Å². The first-order chi connectivity index (χ1) is 15.6. The van der Waals surface area contributed by atoms with Crippen LogP contribution >= 0.6 is 0 Å². The van der Waals surface area contributed by atoms with Gasteiger partial charge in [0.2, 0.25) is 15.9 Å². The Bertz CT molecular complexity index is 1220. The van der Waals surface area contributed by atoms with Crippen LogP contribution in [-0.4, -0.2) is 54.3 Å². The summed E-state index contributed by atoms with van der Waals surface area (Å²) in [5.41, 5.74) is 1.42. The van der Waals surface area contributed by atoms with Crippen molar-refractivity contribution >= 4 is 21.6 Å². The summed E-state index contributed by atoms with van der Waals surface area (Å²) in [5, 5.41) is 0. The summed E-state index contributed by atoms with van der Waals surface area (Å²) in [5.74, 6) is 0.0599. The lowest BCUT2D eigenvalue weighted by Crippen LogP contribution is -2.44. The fourth-order valence-corrected chi connectivity index (χ4v) is 6.26. The molecule has 0 bridgehead atoms. The zero-order chi connectivity index (χ0) is 23.4. The number of carbonyl (C=O) groups is 1. The second-order valence-electron chi connectivity index (χ2n) is 8.35. The molecule has 1 amide bonds. The maximum Gasteiger partial charge on any atom is 0.433 e. The summed E-state index contributed by atoms with van der Waals surface area (Å²) < 4.78 is 72.4. The van der Waals surface area contributed by atoms with Crippen LogP contribution in [0.25, 0.3) is 0 Å². The number of alkyl halides is 3. The number of aromatic nitrogens is 2. The van der Waals surface area contributed by atoms with Crippen LogP contribution in [0.1, 0.15) is 36.1 Å². The summed E-state index contributed by atoms with van der Waals surface area (Å²) in [6, 6.07) is 3.59. The number of halogens is 3. The Hall–Kier alpha value is -2.73. The number of amides is 1. The fraction of sp³-hybridized carbons (Fsp3) is 0.476. The van der Waals surface area contributed by atoms with E-state index in [4.69, 9.17) is 4.74 Å². The molecule has 4 heterocycles. The lowest BCUT2D eigenvalue weighted by atomic mass is 10.00. The number of hydrogen-bond donors (Lipinski definition) is 0. The quantitative estimate of drug-likeness (QED) is 0.665. The van der Waals surface area contributed by atoms with E-state index in [1.807, 2.05) is 0 Å². The van der Waals surface area contributed by atoms with Gasteiger partial charge in [-0.05, 0) is 55.0 Å². The van der Waals surface area contributed by atoms with Crippen LogP contribution in [0.4, 0.5) is 18.9 Å². The first-order valence-corrected chi connectivity index (χ1v) is 12.1. The molecule has 0 spiro atoms. The normalized spacial score (nSPS) is 21.2. The van der Waals surface area contributed by atoms with Crippen LogP contribution in [0, 0.1) is 0 Å². The van der Waals surface area contributed by atoms with Crippen molar-refractivity contribution in [1.82, 2.24) is 14.3 Å². The molecule has 3 aliphatic rings. The van der Waals surface area contributed by atoms with Crippen molar-refractivity contribution in [3.05, 3.63) is 41.2 Å². The number of benzene rings is 1. The van der Waals surface area contributed by atoms with Gasteiger partial charge in [0.25, 0.3) is 0 Å². The molecule has 33 heavy (non-hydrogen) atoms. The van der Waals surface area contributed by atoms with Crippen molar-refractivity contribution in [2.45, 2.75) is 49.3 Å². The molecule has 1 atom stereocenters. The second-order valence-corrected chi connectivity index (χ2v) is 10.3. The molecule has 3 aliphatic heterocycles. The lowest BCUT2D eigenvalue weighted by molar-refractivity contribution is -0.141. The molecule has 0 radical (unpaired) electrons. The van der Waals surface area contributed by atoms with E-state index in [2.05, 4.69) is 9.97 Å². The SMILES string of the molecule is O=C1CCc2cc(S(=O)(=O)N3CCCC(Oc4nccc(C(F)(F)F)n4)C3)cc3c2N1CC3. The van der Waals surface area contributed by atoms with E-state index in [0.29, 0.717) is 38.6 Å². The van der Waals surface area contributed by atoms with E-state index < -0.39 is 34.0 Å². The summed E-state index contributed by atoms with van der Waals surface area (Å²) >= 11 is 0. The van der Waals surface area contributed by atoms with Gasteiger partial charge in [-0.3, -0.25) is 4.79 Å². The molecule has 1 aromatic heterocycles. The summed E-state index contributed by atoms with van der Waals surface area (Å²) in [6.45, 7) is 0.822. The molecule has 12 heteroatoms. The number of carbonyl (C=O) groups excluding carboxylic acids is 1. The van der Waals surface area contributed by atoms with Crippen LogP contribution in [0.5, 0.6) is 6.01 Å². The van der Waals surface area contributed by atoms with Gasteiger partial charge in [0, 0.05) is 25.7 Å². The van der Waals surface area contributed by atoms with Crippen molar-refractivity contribution in [3.8, 4) is 6.01 Å². The Kier molecular flexibility index (Phi) is 5.31. The maximum atomic E-state index is 13.4. The van der Waals surface area contributed by atoms with E-state index in [9.17, 15) is 26.4 Å². The number of sulfonamides is 1. The molecule has 176 valence electrons. The molecule has 0 saturated carbocycles. The molecule has 5 rings (SSSR count). The molecular formula is C21H21F3N4O4S. The van der Waals surface area contributed by atoms with E-state index in [1.165, 1.54) is 4.31 Å². The third kappa shape index (κ3) is 4.05. The number of aryl methyl sites for hydroxylation is 1. The van der Waals surface area contributed by atoms with Gasteiger partial charge in [0.05, 0.1) is 17.1 Å². The monoisotopic (exact) mass is 482 g/mol. The van der Waals surface area contributed by atoms with Crippen molar-refractivity contribution in [2.75, 3.05) is 24.5 Å². The standard InChI is InChI=1S/C21H21F3N4O4S/c22-21(23,24)17-5-7-25-20(26-17)32-15-2-1-8-27(12-15)33(30,31)16-10-13-3-4-18(29)28-9-6-14(11-16)19(13)28/h5,7,10-11,15H,1-4,6,8-9,12H2. The van der Waals surface area contributed by atoms with Crippen LogP contribution in [-0.2, 0) is 33.8 Å². The first-order valence-electron chi connectivity index (χ1n) is 10.7. The number of rotatable bonds is 4. The highest BCUT2D eigenvalue weighted by atomic mass is 32.2. The Balaban J connectivity index is 1.36. The minimum atomic E-state index is -4.63. The molecule has 0 aliphatic carbocycles. The molecule has 1 aromatic carbocycles. The molecule has 0 N–H and O–H groups in total. The Morgan fingerprint density at radius 3 is 2.61 bits per heavy atom. The summed E-state index contributed by atoms with van der Waals surface area (Å²) in [6.07, 6.45) is -1.91. The molecule has 8 nitrogen and oxygen atoms in total. The molecule has 1 fully saturated rings. The maximum absolute atomic E-state index is 13.4. The second kappa shape index (κ2) is 7.94. The van der Waals surface area contributed by atoms with Gasteiger partial charge in [-0.25, -0.2) is 13.4 Å². The fourth-order valence-electron chi connectivity index (χ4n) is 4.65. The van der Waals surface area contributed by atoms with Crippen molar-refractivity contribution in [1.29, 1.82) is 0 Å². The van der Waals surface area contributed by atoms with Gasteiger partial charge in [-0.1, -0.05) is 0 Å². The molecule has 1 unspecified atom stereocenters. The van der Waals surface area contributed by atoms with Crippen molar-refractivity contribution in [3.63, 3.8) is 0 Å². The van der Waals surface area contributed by atoms with Crippen molar-refractivity contribution in [2.24, 2.45) is 0 Å². The van der Waals surface area contributed by atoms with E-state index in [1.54, 1.807) is 17.0 Å². The predicted octanol–water partition coefficient (Wildman–Crippen LogP) is 2.56. The summed E-state index contributed by atoms with van der Waals surface area (Å²) in [4.78, 5) is 21.2. The van der Waals surface area contributed by atoms with Gasteiger partial charge in [-0.15, -0.1) is 0 Å². The first kappa shape index (κ1) is 22.1. The van der Waals surface area contributed by atoms with E-state index >= 15 is 0 Å². The average molecular weight is 482 g/mol. The van der Waals surface area contributed by atoms with Gasteiger partial charge in [0.1, 0.15) is 6.10 Å². The minimum Gasteiger partial charge on any atom is -0.459 e. The van der Waals surface area contributed by atoms with Crippen LogP contribution in [0.2, 0.25) is 0 Å². The highest BCUT2D eigenvalue weighted by molar-refractivity contribution is 7.89. The number of ether oxygens (including phenoxy) is 1. The largest absolute Gasteiger partial charge is 0.459 e. The third-order valence-electron chi connectivity index (χ3n) is 6.20.